The Kier molecular flexibility index (Phi) is 4.44. The molecule has 0 amide bonds. The van der Waals surface area contributed by atoms with Gasteiger partial charge in [0, 0.05) is 24.6 Å². The second-order valence-electron chi connectivity index (χ2n) is 6.85. The number of rotatable bonds is 6. The van der Waals surface area contributed by atoms with Crippen molar-refractivity contribution in [3.05, 3.63) is 59.2 Å². The highest BCUT2D eigenvalue weighted by Crippen LogP contribution is 2.30. The molecule has 3 heteroatoms. The summed E-state index contributed by atoms with van der Waals surface area (Å²) in [5.74, 6) is 2.08. The number of hydrogen-bond donors (Lipinski definition) is 1. The van der Waals surface area contributed by atoms with Gasteiger partial charge in [0.2, 0.25) is 0 Å². The summed E-state index contributed by atoms with van der Waals surface area (Å²) in [6, 6.07) is 15.2. The van der Waals surface area contributed by atoms with Crippen LogP contribution in [0.2, 0.25) is 0 Å². The molecule has 0 bridgehead atoms. The van der Waals surface area contributed by atoms with E-state index in [4.69, 9.17) is 9.47 Å². The molecule has 3 nitrogen and oxygen atoms in total. The van der Waals surface area contributed by atoms with Crippen molar-refractivity contribution in [3.8, 4) is 11.5 Å². The first-order chi connectivity index (χ1) is 11.8. The Balaban J connectivity index is 1.41. The standard InChI is InChI=1S/C21H25NO2/c1-15(16-9-10-20-17(13-16)11-12-23-20)22-14-18-5-2-3-8-21(18)24-19-6-4-7-19/h2-3,5,8-10,13,15,19,22H,4,6-7,11-12,14H2,1H3. The maximum atomic E-state index is 6.12. The van der Waals surface area contributed by atoms with Crippen LogP contribution in [0.25, 0.3) is 0 Å². The molecule has 126 valence electrons. The minimum absolute atomic E-state index is 0.299. The van der Waals surface area contributed by atoms with Crippen molar-refractivity contribution in [1.82, 2.24) is 5.32 Å². The van der Waals surface area contributed by atoms with Crippen LogP contribution in [0.15, 0.2) is 42.5 Å². The third-order valence-corrected chi connectivity index (χ3v) is 5.13. The minimum atomic E-state index is 0.299. The van der Waals surface area contributed by atoms with Crippen molar-refractivity contribution in [2.75, 3.05) is 6.61 Å². The van der Waals surface area contributed by atoms with Crippen molar-refractivity contribution in [3.63, 3.8) is 0 Å². The fraction of sp³-hybridized carbons (Fsp3) is 0.429. The molecule has 1 unspecified atom stereocenters. The fourth-order valence-corrected chi connectivity index (χ4v) is 3.29. The Hall–Kier alpha value is -2.00. The van der Waals surface area contributed by atoms with Crippen LogP contribution in [0.4, 0.5) is 0 Å². The van der Waals surface area contributed by atoms with Crippen LogP contribution in [-0.4, -0.2) is 12.7 Å². The lowest BCUT2D eigenvalue weighted by atomic mass is 9.96. The molecule has 0 saturated heterocycles. The Labute approximate surface area is 144 Å². The van der Waals surface area contributed by atoms with Crippen LogP contribution < -0.4 is 14.8 Å². The maximum Gasteiger partial charge on any atom is 0.124 e. The van der Waals surface area contributed by atoms with Gasteiger partial charge in [-0.05, 0) is 49.4 Å². The van der Waals surface area contributed by atoms with E-state index in [9.17, 15) is 0 Å². The zero-order valence-corrected chi connectivity index (χ0v) is 14.3. The number of hydrogen-bond acceptors (Lipinski definition) is 3. The lowest BCUT2D eigenvalue weighted by molar-refractivity contribution is 0.119. The number of para-hydroxylation sites is 1. The SMILES string of the molecule is CC(NCc1ccccc1OC1CCC1)c1ccc2c(c1)CCO2. The molecule has 0 radical (unpaired) electrons. The normalized spacial score (nSPS) is 17.7. The molecule has 1 aliphatic heterocycles. The first-order valence-electron chi connectivity index (χ1n) is 9.03. The summed E-state index contributed by atoms with van der Waals surface area (Å²) in [4.78, 5) is 0. The van der Waals surface area contributed by atoms with E-state index in [0.29, 0.717) is 12.1 Å². The van der Waals surface area contributed by atoms with E-state index in [1.165, 1.54) is 36.0 Å². The molecular weight excluding hydrogens is 298 g/mol. The zero-order chi connectivity index (χ0) is 16.4. The van der Waals surface area contributed by atoms with Gasteiger partial charge in [-0.2, -0.15) is 0 Å². The average Bonchev–Trinajstić information content (AvgIpc) is 3.04. The van der Waals surface area contributed by atoms with E-state index in [1.807, 2.05) is 0 Å². The number of benzene rings is 2. The van der Waals surface area contributed by atoms with E-state index in [0.717, 1.165) is 31.1 Å². The molecule has 1 N–H and O–H groups in total. The Morgan fingerprint density at radius 1 is 1.21 bits per heavy atom. The van der Waals surface area contributed by atoms with E-state index in [-0.39, 0.29) is 0 Å². The predicted octanol–water partition coefficient (Wildman–Crippen LogP) is 4.40. The van der Waals surface area contributed by atoms with Gasteiger partial charge in [0.05, 0.1) is 12.7 Å². The number of ether oxygens (including phenoxy) is 2. The van der Waals surface area contributed by atoms with Crippen LogP contribution in [0.1, 0.15) is 48.9 Å². The molecule has 2 aromatic carbocycles. The summed E-state index contributed by atoms with van der Waals surface area (Å²) >= 11 is 0. The Morgan fingerprint density at radius 2 is 2.08 bits per heavy atom. The third-order valence-electron chi connectivity index (χ3n) is 5.13. The van der Waals surface area contributed by atoms with Crippen LogP contribution in [-0.2, 0) is 13.0 Å². The van der Waals surface area contributed by atoms with Crippen molar-refractivity contribution in [2.45, 2.75) is 51.3 Å². The molecule has 1 saturated carbocycles. The summed E-state index contributed by atoms with van der Waals surface area (Å²) in [5.41, 5.74) is 3.88. The van der Waals surface area contributed by atoms with Crippen LogP contribution >= 0.6 is 0 Å². The van der Waals surface area contributed by atoms with Gasteiger partial charge in [-0.3, -0.25) is 0 Å². The molecule has 0 aromatic heterocycles. The summed E-state index contributed by atoms with van der Waals surface area (Å²) in [6.07, 6.45) is 5.11. The van der Waals surface area contributed by atoms with E-state index >= 15 is 0 Å². The quantitative estimate of drug-likeness (QED) is 0.854. The topological polar surface area (TPSA) is 30.5 Å². The first kappa shape index (κ1) is 15.5. The number of fused-ring (bicyclic) bond motifs is 1. The first-order valence-corrected chi connectivity index (χ1v) is 9.03. The van der Waals surface area contributed by atoms with Gasteiger partial charge in [0.25, 0.3) is 0 Å². The third kappa shape index (κ3) is 3.27. The van der Waals surface area contributed by atoms with E-state index in [1.54, 1.807) is 0 Å². The second kappa shape index (κ2) is 6.86. The van der Waals surface area contributed by atoms with Gasteiger partial charge in [-0.15, -0.1) is 0 Å². The lowest BCUT2D eigenvalue weighted by Crippen LogP contribution is -2.26. The van der Waals surface area contributed by atoms with Crippen LogP contribution in [0.5, 0.6) is 11.5 Å². The zero-order valence-electron chi connectivity index (χ0n) is 14.3. The van der Waals surface area contributed by atoms with Crippen molar-refractivity contribution in [2.24, 2.45) is 0 Å². The molecule has 2 aliphatic rings. The molecule has 1 heterocycles. The smallest absolute Gasteiger partial charge is 0.124 e. The molecule has 1 fully saturated rings. The summed E-state index contributed by atoms with van der Waals surface area (Å²) < 4.78 is 11.7. The molecule has 2 aromatic rings. The summed E-state index contributed by atoms with van der Waals surface area (Å²) in [7, 11) is 0. The molecule has 0 spiro atoms. The molecule has 4 rings (SSSR count). The Morgan fingerprint density at radius 3 is 2.92 bits per heavy atom. The predicted molar refractivity (Wildman–Crippen MR) is 95.6 cm³/mol. The highest BCUT2D eigenvalue weighted by atomic mass is 16.5. The van der Waals surface area contributed by atoms with Crippen LogP contribution in [0, 0.1) is 0 Å². The highest BCUT2D eigenvalue weighted by molar-refractivity contribution is 5.41. The van der Waals surface area contributed by atoms with Crippen molar-refractivity contribution >= 4 is 0 Å². The maximum absolute atomic E-state index is 6.12. The molecule has 1 atom stereocenters. The van der Waals surface area contributed by atoms with Crippen molar-refractivity contribution in [1.29, 1.82) is 0 Å². The molecule has 24 heavy (non-hydrogen) atoms. The van der Waals surface area contributed by atoms with Gasteiger partial charge in [0.15, 0.2) is 0 Å². The van der Waals surface area contributed by atoms with Gasteiger partial charge < -0.3 is 14.8 Å². The minimum Gasteiger partial charge on any atom is -0.493 e. The molecule has 1 aliphatic carbocycles. The van der Waals surface area contributed by atoms with Gasteiger partial charge in [-0.1, -0.05) is 30.3 Å². The summed E-state index contributed by atoms with van der Waals surface area (Å²) in [5, 5.41) is 3.64. The Bertz CT molecular complexity index is 709. The second-order valence-corrected chi connectivity index (χ2v) is 6.85. The number of nitrogens with one attached hydrogen (secondary N) is 1. The monoisotopic (exact) mass is 323 g/mol. The highest BCUT2D eigenvalue weighted by Gasteiger charge is 2.20. The fourth-order valence-electron chi connectivity index (χ4n) is 3.29. The largest absolute Gasteiger partial charge is 0.493 e. The van der Waals surface area contributed by atoms with Gasteiger partial charge >= 0.3 is 0 Å². The summed E-state index contributed by atoms with van der Waals surface area (Å²) in [6.45, 7) is 3.84. The van der Waals surface area contributed by atoms with Gasteiger partial charge in [0.1, 0.15) is 11.5 Å². The van der Waals surface area contributed by atoms with E-state index in [2.05, 4.69) is 54.7 Å². The molecular formula is C21H25NO2. The average molecular weight is 323 g/mol. The lowest BCUT2D eigenvalue weighted by Gasteiger charge is -2.27. The van der Waals surface area contributed by atoms with Crippen LogP contribution in [0.3, 0.4) is 0 Å². The van der Waals surface area contributed by atoms with Gasteiger partial charge in [-0.25, -0.2) is 0 Å². The van der Waals surface area contributed by atoms with E-state index < -0.39 is 0 Å². The van der Waals surface area contributed by atoms with Crippen molar-refractivity contribution < 1.29 is 9.47 Å².